The minimum atomic E-state index is 0.552. The zero-order valence-corrected chi connectivity index (χ0v) is 6.69. The average molecular weight is 173 g/mol. The molecular weight excluding hydrogens is 168 g/mol. The summed E-state index contributed by atoms with van der Waals surface area (Å²) in [5.41, 5.74) is 1.11. The van der Waals surface area contributed by atoms with Gasteiger partial charge in [0.05, 0.1) is 12.1 Å². The SMILES string of the molecule is ClCc1csc2cncn12. The van der Waals surface area contributed by atoms with Crippen LogP contribution in [0.25, 0.3) is 4.83 Å². The number of nitrogens with zero attached hydrogens (tertiary/aromatic N) is 2. The van der Waals surface area contributed by atoms with Gasteiger partial charge >= 0.3 is 0 Å². The number of thiazole rings is 1. The molecule has 2 aromatic rings. The van der Waals surface area contributed by atoms with Crippen LogP contribution in [0.3, 0.4) is 0 Å². The van der Waals surface area contributed by atoms with Crippen LogP contribution in [0.1, 0.15) is 5.69 Å². The third-order valence-electron chi connectivity index (χ3n) is 1.37. The summed E-state index contributed by atoms with van der Waals surface area (Å²) >= 11 is 7.32. The third-order valence-corrected chi connectivity index (χ3v) is 2.57. The van der Waals surface area contributed by atoms with Crippen LogP contribution in [-0.4, -0.2) is 9.38 Å². The highest BCUT2D eigenvalue weighted by Crippen LogP contribution is 2.16. The smallest absolute Gasteiger partial charge is 0.119 e. The second-order valence-electron chi connectivity index (χ2n) is 1.96. The van der Waals surface area contributed by atoms with Gasteiger partial charge in [-0.1, -0.05) is 0 Å². The molecule has 2 nitrogen and oxygen atoms in total. The molecule has 2 rings (SSSR count). The van der Waals surface area contributed by atoms with Crippen LogP contribution in [-0.2, 0) is 5.88 Å². The molecule has 10 heavy (non-hydrogen) atoms. The van der Waals surface area contributed by atoms with E-state index in [-0.39, 0.29) is 0 Å². The fraction of sp³-hybridized carbons (Fsp3) is 0.167. The van der Waals surface area contributed by atoms with Crippen LogP contribution in [0.15, 0.2) is 17.9 Å². The molecule has 0 aliphatic carbocycles. The molecule has 0 amide bonds. The lowest BCUT2D eigenvalue weighted by molar-refractivity contribution is 1.08. The van der Waals surface area contributed by atoms with Crippen molar-refractivity contribution in [3.05, 3.63) is 23.6 Å². The normalized spacial score (nSPS) is 10.9. The summed E-state index contributed by atoms with van der Waals surface area (Å²) < 4.78 is 2.00. The lowest BCUT2D eigenvalue weighted by atomic mass is 10.6. The van der Waals surface area contributed by atoms with E-state index in [9.17, 15) is 0 Å². The zero-order valence-electron chi connectivity index (χ0n) is 5.12. The first-order chi connectivity index (χ1) is 4.92. The molecule has 0 radical (unpaired) electrons. The largest absolute Gasteiger partial charge is 0.293 e. The molecule has 0 unspecified atom stereocenters. The third kappa shape index (κ3) is 0.744. The van der Waals surface area contributed by atoms with Crippen LogP contribution in [0.4, 0.5) is 0 Å². The number of aromatic nitrogens is 2. The maximum absolute atomic E-state index is 5.66. The molecule has 0 bridgehead atoms. The van der Waals surface area contributed by atoms with Gasteiger partial charge in [0, 0.05) is 11.1 Å². The Morgan fingerprint density at radius 1 is 1.70 bits per heavy atom. The van der Waals surface area contributed by atoms with Gasteiger partial charge in [-0.05, 0) is 0 Å². The van der Waals surface area contributed by atoms with E-state index in [1.807, 2.05) is 16.0 Å². The van der Waals surface area contributed by atoms with Gasteiger partial charge in [0.1, 0.15) is 11.2 Å². The zero-order chi connectivity index (χ0) is 6.97. The Balaban J connectivity index is 2.76. The first-order valence-corrected chi connectivity index (χ1v) is 4.27. The summed E-state index contributed by atoms with van der Waals surface area (Å²) in [5.74, 6) is 0.552. The minimum absolute atomic E-state index is 0.552. The lowest BCUT2D eigenvalue weighted by Crippen LogP contribution is -1.82. The van der Waals surface area contributed by atoms with Gasteiger partial charge in [-0.2, -0.15) is 0 Å². The van der Waals surface area contributed by atoms with Crippen LogP contribution < -0.4 is 0 Å². The summed E-state index contributed by atoms with van der Waals surface area (Å²) in [6.45, 7) is 0. The van der Waals surface area contributed by atoms with Gasteiger partial charge in [-0.3, -0.25) is 4.40 Å². The maximum atomic E-state index is 5.66. The van der Waals surface area contributed by atoms with Crippen LogP contribution in [0.2, 0.25) is 0 Å². The molecule has 0 aliphatic rings. The summed E-state index contributed by atoms with van der Waals surface area (Å²) in [7, 11) is 0. The molecule has 0 spiro atoms. The van der Waals surface area contributed by atoms with Crippen LogP contribution in [0, 0.1) is 0 Å². The number of halogens is 1. The minimum Gasteiger partial charge on any atom is -0.293 e. The van der Waals surface area contributed by atoms with Crippen molar-refractivity contribution >= 4 is 27.8 Å². The van der Waals surface area contributed by atoms with Gasteiger partial charge in [0.2, 0.25) is 0 Å². The van der Waals surface area contributed by atoms with Crippen molar-refractivity contribution in [2.75, 3.05) is 0 Å². The second kappa shape index (κ2) is 2.25. The van der Waals surface area contributed by atoms with E-state index >= 15 is 0 Å². The number of hydrogen-bond acceptors (Lipinski definition) is 2. The fourth-order valence-corrected chi connectivity index (χ4v) is 2.02. The van der Waals surface area contributed by atoms with E-state index in [2.05, 4.69) is 4.98 Å². The molecule has 0 saturated carbocycles. The van der Waals surface area contributed by atoms with Gasteiger partial charge in [0.25, 0.3) is 0 Å². The topological polar surface area (TPSA) is 17.3 Å². The van der Waals surface area contributed by atoms with E-state index in [0.717, 1.165) is 10.5 Å². The van der Waals surface area contributed by atoms with Crippen LogP contribution >= 0.6 is 22.9 Å². The highest BCUT2D eigenvalue weighted by Gasteiger charge is 1.99. The molecule has 0 aromatic carbocycles. The van der Waals surface area contributed by atoms with Gasteiger partial charge in [-0.15, -0.1) is 22.9 Å². The lowest BCUT2D eigenvalue weighted by Gasteiger charge is -1.87. The summed E-state index contributed by atoms with van der Waals surface area (Å²) in [5, 5.41) is 2.05. The monoisotopic (exact) mass is 172 g/mol. The van der Waals surface area contributed by atoms with E-state index in [4.69, 9.17) is 11.6 Å². The Bertz CT molecular complexity index is 338. The molecule has 4 heteroatoms. The maximum Gasteiger partial charge on any atom is 0.119 e. The number of alkyl halides is 1. The molecular formula is C6H5ClN2S. The van der Waals surface area contributed by atoms with E-state index in [0.29, 0.717) is 5.88 Å². The van der Waals surface area contributed by atoms with Crippen molar-refractivity contribution in [1.29, 1.82) is 0 Å². The molecule has 2 heterocycles. The van der Waals surface area contributed by atoms with Crippen molar-refractivity contribution in [3.63, 3.8) is 0 Å². The molecule has 0 aliphatic heterocycles. The molecule has 0 N–H and O–H groups in total. The summed E-state index contributed by atoms with van der Waals surface area (Å²) in [6.07, 6.45) is 3.62. The van der Waals surface area contributed by atoms with Crippen molar-refractivity contribution in [2.24, 2.45) is 0 Å². The quantitative estimate of drug-likeness (QED) is 0.603. The Morgan fingerprint density at radius 2 is 2.60 bits per heavy atom. The van der Waals surface area contributed by atoms with Crippen molar-refractivity contribution in [3.8, 4) is 0 Å². The number of imidazole rings is 1. The molecule has 0 atom stereocenters. The van der Waals surface area contributed by atoms with Crippen molar-refractivity contribution in [2.45, 2.75) is 5.88 Å². The standard InChI is InChI=1S/C6H5ClN2S/c7-1-5-3-10-6-2-8-4-9(5)6/h2-4H,1H2. The number of hydrogen-bond donors (Lipinski definition) is 0. The molecule has 0 fully saturated rings. The molecule has 2 aromatic heterocycles. The first kappa shape index (κ1) is 6.19. The highest BCUT2D eigenvalue weighted by molar-refractivity contribution is 7.15. The Morgan fingerprint density at radius 3 is 3.40 bits per heavy atom. The summed E-state index contributed by atoms with van der Waals surface area (Å²) in [4.78, 5) is 5.13. The molecule has 0 saturated heterocycles. The number of fused-ring (bicyclic) bond motifs is 1. The highest BCUT2D eigenvalue weighted by atomic mass is 35.5. The Hall–Kier alpha value is -0.540. The predicted octanol–water partition coefficient (Wildman–Crippen LogP) is 2.13. The average Bonchev–Trinajstić information content (AvgIpc) is 2.44. The van der Waals surface area contributed by atoms with Gasteiger partial charge in [-0.25, -0.2) is 4.98 Å². The van der Waals surface area contributed by atoms with E-state index in [1.165, 1.54) is 0 Å². The van der Waals surface area contributed by atoms with Gasteiger partial charge < -0.3 is 0 Å². The summed E-state index contributed by atoms with van der Waals surface area (Å²) in [6, 6.07) is 0. The van der Waals surface area contributed by atoms with E-state index < -0.39 is 0 Å². The van der Waals surface area contributed by atoms with E-state index in [1.54, 1.807) is 17.7 Å². The van der Waals surface area contributed by atoms with Crippen molar-refractivity contribution < 1.29 is 0 Å². The first-order valence-electron chi connectivity index (χ1n) is 2.86. The van der Waals surface area contributed by atoms with Crippen molar-refractivity contribution in [1.82, 2.24) is 9.38 Å². The predicted molar refractivity (Wildman–Crippen MR) is 42.6 cm³/mol. The molecule has 52 valence electrons. The second-order valence-corrected chi connectivity index (χ2v) is 3.12. The Labute approximate surface area is 67.1 Å². The van der Waals surface area contributed by atoms with Gasteiger partial charge in [0.15, 0.2) is 0 Å². The Kier molecular flexibility index (Phi) is 1.39. The fourth-order valence-electron chi connectivity index (χ4n) is 0.867. The number of rotatable bonds is 1. The van der Waals surface area contributed by atoms with Crippen LogP contribution in [0.5, 0.6) is 0 Å².